The quantitative estimate of drug-likeness (QED) is 0.0555. The SMILES string of the molecule is CCCCCCCCCCCCCCCC[N+]1(C)C2(CCC(Cl)C(NC(=O)NN=c3sc4ccccc4n3CC)C2)S1(=O)=O. The molecular weight excluding hydrogens is 614 g/mol. The first-order chi connectivity index (χ1) is 21.2. The summed E-state index contributed by atoms with van der Waals surface area (Å²) in [6.07, 6.45) is 19.4. The highest BCUT2D eigenvalue weighted by molar-refractivity contribution is 7.92. The van der Waals surface area contributed by atoms with Crippen LogP contribution in [0.15, 0.2) is 29.4 Å². The Balaban J connectivity index is 1.19. The van der Waals surface area contributed by atoms with E-state index in [0.717, 1.165) is 29.6 Å². The van der Waals surface area contributed by atoms with Crippen molar-refractivity contribution < 1.29 is 17.1 Å². The lowest BCUT2D eigenvalue weighted by Crippen LogP contribution is -2.52. The lowest BCUT2D eigenvalue weighted by Gasteiger charge is -2.31. The first kappa shape index (κ1) is 35.2. The number of unbranched alkanes of at least 4 members (excludes halogenated alkanes) is 13. The molecule has 1 aliphatic carbocycles. The number of urea groups is 1. The van der Waals surface area contributed by atoms with E-state index in [2.05, 4.69) is 27.3 Å². The van der Waals surface area contributed by atoms with Crippen LogP contribution in [0.5, 0.6) is 0 Å². The van der Waals surface area contributed by atoms with Gasteiger partial charge in [0.1, 0.15) is 0 Å². The van der Waals surface area contributed by atoms with Crippen LogP contribution >= 0.6 is 22.9 Å². The number of para-hydroxylation sites is 1. The van der Waals surface area contributed by atoms with Gasteiger partial charge in [0.15, 0.2) is 0 Å². The predicted octanol–water partition coefficient (Wildman–Crippen LogP) is 7.97. The molecule has 1 aromatic carbocycles. The summed E-state index contributed by atoms with van der Waals surface area (Å²) in [4.78, 5) is 12.7. The van der Waals surface area contributed by atoms with Gasteiger partial charge in [-0.05, 0) is 38.3 Å². The fourth-order valence-electron chi connectivity index (χ4n) is 7.20. The number of thiazole rings is 1. The van der Waals surface area contributed by atoms with Crippen LogP contribution in [0, 0.1) is 0 Å². The number of rotatable bonds is 18. The van der Waals surface area contributed by atoms with Crippen molar-refractivity contribution in [3.63, 3.8) is 0 Å². The highest BCUT2D eigenvalue weighted by Gasteiger charge is 2.84. The summed E-state index contributed by atoms with van der Waals surface area (Å²) in [7, 11) is -1.46. The number of nitrogens with one attached hydrogen (secondary N) is 2. The number of fused-ring (bicyclic) bond motifs is 1. The monoisotopic (exact) mass is 668 g/mol. The van der Waals surface area contributed by atoms with Gasteiger partial charge in [-0.2, -0.15) is 12.3 Å². The third-order valence-corrected chi connectivity index (χ3v) is 14.8. The molecule has 44 heavy (non-hydrogen) atoms. The predicted molar refractivity (Wildman–Crippen MR) is 183 cm³/mol. The minimum Gasteiger partial charge on any atom is -0.332 e. The van der Waals surface area contributed by atoms with Gasteiger partial charge in [-0.3, -0.25) is 0 Å². The molecule has 1 spiro atoms. The molecule has 0 bridgehead atoms. The van der Waals surface area contributed by atoms with E-state index in [9.17, 15) is 13.2 Å². The van der Waals surface area contributed by atoms with Crippen LogP contribution in [0.25, 0.3) is 10.2 Å². The molecule has 1 aromatic heterocycles. The Morgan fingerprint density at radius 3 is 2.20 bits per heavy atom. The van der Waals surface area contributed by atoms with E-state index in [4.69, 9.17) is 11.6 Å². The second-order valence-electron chi connectivity index (χ2n) is 13.0. The van der Waals surface area contributed by atoms with E-state index in [0.29, 0.717) is 30.6 Å². The van der Waals surface area contributed by atoms with Crippen molar-refractivity contribution in [2.45, 2.75) is 146 Å². The van der Waals surface area contributed by atoms with Crippen LogP contribution in [0.3, 0.4) is 0 Å². The first-order valence-corrected chi connectivity index (χ1v) is 19.8. The number of sulfonamides is 1. The number of nitrogens with zero attached hydrogens (tertiary/aromatic N) is 3. The Kier molecular flexibility index (Phi) is 13.0. The molecule has 2 fully saturated rings. The fourth-order valence-corrected chi connectivity index (χ4v) is 11.3. The summed E-state index contributed by atoms with van der Waals surface area (Å²) in [6.45, 7) is 5.67. The van der Waals surface area contributed by atoms with Gasteiger partial charge in [0.25, 0.3) is 4.87 Å². The van der Waals surface area contributed by atoms with Crippen molar-refractivity contribution in [1.29, 1.82) is 0 Å². The average Bonchev–Trinajstić information content (AvgIpc) is 3.23. The Morgan fingerprint density at radius 1 is 1.00 bits per heavy atom. The Bertz CT molecular complexity index is 1390. The van der Waals surface area contributed by atoms with Crippen molar-refractivity contribution >= 4 is 49.2 Å². The summed E-state index contributed by atoms with van der Waals surface area (Å²) in [6, 6.07) is 7.15. The molecule has 2 amide bonds. The maximum atomic E-state index is 13.5. The van der Waals surface area contributed by atoms with E-state index in [-0.39, 0.29) is 9.27 Å². The second kappa shape index (κ2) is 16.3. The van der Waals surface area contributed by atoms with Gasteiger partial charge in [-0.25, -0.2) is 10.2 Å². The van der Waals surface area contributed by atoms with Crippen LogP contribution in [0.1, 0.15) is 123 Å². The zero-order valence-electron chi connectivity index (χ0n) is 27.2. The number of aryl methyl sites for hydroxylation is 1. The molecule has 2 aromatic rings. The number of carbonyl (C=O) groups is 1. The van der Waals surface area contributed by atoms with Gasteiger partial charge < -0.3 is 9.88 Å². The third kappa shape index (κ3) is 7.84. The molecular formula is C33H55ClN5O3S2+. The zero-order chi connectivity index (χ0) is 31.6. The van der Waals surface area contributed by atoms with E-state index in [1.807, 2.05) is 38.2 Å². The Hall–Kier alpha value is -1.62. The minimum atomic E-state index is -3.33. The molecule has 2 N–H and O–H groups in total. The van der Waals surface area contributed by atoms with Gasteiger partial charge in [0.05, 0.1) is 35.2 Å². The van der Waals surface area contributed by atoms with E-state index < -0.39 is 27.0 Å². The standard InChI is InChI=1S/C33H54ClN5O3S2/c1-4-6-7-8-9-10-11-12-13-14-15-16-17-20-25-39(3)33(44(39,41)42)24-23-27(34)28(26-33)35-31(40)36-37-32-38(5-2)29-21-18-19-22-30(29)43-32/h18-19,21-22,27-28H,4-17,20,23-26H2,1-3H3,(H-,35,36,40)/p+1. The van der Waals surface area contributed by atoms with Gasteiger partial charge >= 0.3 is 16.1 Å². The van der Waals surface area contributed by atoms with Crippen molar-refractivity contribution in [1.82, 2.24) is 15.3 Å². The van der Waals surface area contributed by atoms with E-state index in [1.54, 1.807) is 0 Å². The molecule has 8 nitrogen and oxygen atoms in total. The average molecular weight is 669 g/mol. The summed E-state index contributed by atoms with van der Waals surface area (Å²) < 4.78 is 30.1. The highest BCUT2D eigenvalue weighted by Crippen LogP contribution is 2.60. The molecule has 4 atom stereocenters. The van der Waals surface area contributed by atoms with Crippen molar-refractivity contribution in [3.05, 3.63) is 29.1 Å². The number of alkyl halides is 1. The lowest BCUT2D eigenvalue weighted by molar-refractivity contribution is -0.756. The molecule has 1 aliphatic heterocycles. The highest BCUT2D eigenvalue weighted by atomic mass is 35.5. The maximum absolute atomic E-state index is 13.5. The molecule has 248 valence electrons. The fraction of sp³-hybridized carbons (Fsp3) is 0.758. The van der Waals surface area contributed by atoms with Crippen LogP contribution in [-0.2, 0) is 16.6 Å². The van der Waals surface area contributed by atoms with Gasteiger partial charge in [-0.1, -0.05) is 107 Å². The number of quaternary nitrogens is 1. The van der Waals surface area contributed by atoms with Gasteiger partial charge in [-0.15, -0.1) is 16.7 Å². The molecule has 1 saturated heterocycles. The van der Waals surface area contributed by atoms with Crippen LogP contribution in [-0.4, -0.2) is 52.8 Å². The second-order valence-corrected chi connectivity index (χ2v) is 17.1. The van der Waals surface area contributed by atoms with Gasteiger partial charge in [0.2, 0.25) is 4.80 Å². The lowest BCUT2D eigenvalue weighted by atomic mass is 9.89. The number of halogens is 1. The summed E-state index contributed by atoms with van der Waals surface area (Å²) >= 11 is 8.16. The molecule has 4 unspecified atom stereocenters. The number of amides is 2. The van der Waals surface area contributed by atoms with E-state index >= 15 is 0 Å². The van der Waals surface area contributed by atoms with Crippen LogP contribution in [0.2, 0.25) is 0 Å². The number of aromatic nitrogens is 1. The topological polar surface area (TPSA) is 92.6 Å². The number of hydrogen-bond acceptors (Lipinski definition) is 5. The molecule has 1 saturated carbocycles. The number of benzene rings is 1. The molecule has 4 rings (SSSR count). The van der Waals surface area contributed by atoms with Crippen molar-refractivity contribution in [2.75, 3.05) is 13.6 Å². The van der Waals surface area contributed by atoms with Crippen LogP contribution in [0.4, 0.5) is 4.79 Å². The summed E-state index contributed by atoms with van der Waals surface area (Å²) in [5.74, 6) is 0. The summed E-state index contributed by atoms with van der Waals surface area (Å²) in [5.41, 5.74) is 3.70. The molecule has 2 aliphatic rings. The van der Waals surface area contributed by atoms with Crippen molar-refractivity contribution in [2.24, 2.45) is 5.10 Å². The normalized spacial score (nSPS) is 26.3. The van der Waals surface area contributed by atoms with Gasteiger partial charge in [0, 0.05) is 19.4 Å². The minimum absolute atomic E-state index is 0.0737. The molecule has 0 radical (unpaired) electrons. The zero-order valence-corrected chi connectivity index (χ0v) is 29.5. The largest absolute Gasteiger partial charge is 0.356 e. The van der Waals surface area contributed by atoms with Crippen LogP contribution < -0.4 is 15.5 Å². The molecule has 11 heteroatoms. The molecule has 2 heterocycles. The first-order valence-electron chi connectivity index (χ1n) is 17.1. The summed E-state index contributed by atoms with van der Waals surface area (Å²) in [5, 5.41) is 7.00. The van der Waals surface area contributed by atoms with Crippen molar-refractivity contribution in [3.8, 4) is 0 Å². The number of carbonyl (C=O) groups excluding carboxylic acids is 1. The van der Waals surface area contributed by atoms with E-state index in [1.165, 1.54) is 88.4 Å². The third-order valence-electron chi connectivity index (χ3n) is 10.0. The Morgan fingerprint density at radius 2 is 1.59 bits per heavy atom. The smallest absolute Gasteiger partial charge is 0.332 e. The number of hydrogen-bond donors (Lipinski definition) is 2. The Labute approximate surface area is 274 Å². The maximum Gasteiger partial charge on any atom is 0.356 e.